The molecule has 1 saturated heterocycles. The van der Waals surface area contributed by atoms with E-state index in [9.17, 15) is 9.50 Å². The number of nitrogens with one attached hydrogen (secondary N) is 1. The zero-order chi connectivity index (χ0) is 10.7. The summed E-state index contributed by atoms with van der Waals surface area (Å²) in [6.45, 7) is 1.10. The van der Waals surface area contributed by atoms with E-state index < -0.39 is 0 Å². The van der Waals surface area contributed by atoms with Gasteiger partial charge < -0.3 is 10.4 Å². The van der Waals surface area contributed by atoms with E-state index in [2.05, 4.69) is 5.32 Å². The molecule has 1 aromatic rings. The summed E-state index contributed by atoms with van der Waals surface area (Å²) in [5.74, 6) is -0.00267. The molecule has 1 fully saturated rings. The fourth-order valence-corrected chi connectivity index (χ4v) is 2.24. The van der Waals surface area contributed by atoms with Gasteiger partial charge in [0.05, 0.1) is 0 Å². The number of hydrogen-bond acceptors (Lipinski definition) is 2. The van der Waals surface area contributed by atoms with Crippen LogP contribution in [0.1, 0.15) is 24.4 Å². The van der Waals surface area contributed by atoms with E-state index in [1.54, 1.807) is 12.1 Å². The Hall–Kier alpha value is -0.930. The van der Waals surface area contributed by atoms with Crippen molar-refractivity contribution in [3.8, 4) is 0 Å². The zero-order valence-electron chi connectivity index (χ0n) is 8.62. The molecule has 2 nitrogen and oxygen atoms in total. The van der Waals surface area contributed by atoms with Gasteiger partial charge in [-0.15, -0.1) is 0 Å². The highest BCUT2D eigenvalue weighted by Gasteiger charge is 2.25. The predicted octanol–water partition coefficient (Wildman–Crippen LogP) is 1.86. The lowest BCUT2D eigenvalue weighted by Gasteiger charge is -2.31. The summed E-state index contributed by atoms with van der Waals surface area (Å²) < 4.78 is 13.1. The molecule has 0 amide bonds. The smallest absolute Gasteiger partial charge is 0.123 e. The molecule has 1 heterocycles. The van der Waals surface area contributed by atoms with E-state index in [1.807, 2.05) is 6.07 Å². The second-order valence-electron chi connectivity index (χ2n) is 4.07. The minimum Gasteiger partial charge on any atom is -0.396 e. The highest BCUT2D eigenvalue weighted by molar-refractivity contribution is 5.21. The van der Waals surface area contributed by atoms with Crippen LogP contribution in [0.15, 0.2) is 24.3 Å². The summed E-state index contributed by atoms with van der Waals surface area (Å²) in [7, 11) is 0. The molecule has 2 atom stereocenters. The first-order valence-electron chi connectivity index (χ1n) is 5.41. The molecule has 3 heteroatoms. The number of rotatable bonds is 2. The van der Waals surface area contributed by atoms with Crippen molar-refractivity contribution in [2.45, 2.75) is 18.9 Å². The maximum atomic E-state index is 13.1. The molecule has 0 saturated carbocycles. The number of halogens is 1. The molecule has 2 N–H and O–H groups in total. The molecule has 0 spiro atoms. The minimum atomic E-state index is -0.212. The Kier molecular flexibility index (Phi) is 3.34. The first-order valence-corrected chi connectivity index (χ1v) is 5.41. The monoisotopic (exact) mass is 209 g/mol. The molecule has 0 bridgehead atoms. The van der Waals surface area contributed by atoms with Crippen LogP contribution in [-0.2, 0) is 0 Å². The molecule has 2 rings (SSSR count). The Morgan fingerprint density at radius 2 is 2.33 bits per heavy atom. The number of piperidine rings is 1. The van der Waals surface area contributed by atoms with Crippen LogP contribution in [0, 0.1) is 11.7 Å². The highest BCUT2D eigenvalue weighted by atomic mass is 19.1. The van der Waals surface area contributed by atoms with Crippen molar-refractivity contribution in [2.24, 2.45) is 5.92 Å². The van der Waals surface area contributed by atoms with Crippen LogP contribution < -0.4 is 5.32 Å². The van der Waals surface area contributed by atoms with Gasteiger partial charge in [0.1, 0.15) is 5.82 Å². The second-order valence-corrected chi connectivity index (χ2v) is 4.07. The van der Waals surface area contributed by atoms with Crippen molar-refractivity contribution >= 4 is 0 Å². The third-order valence-corrected chi connectivity index (χ3v) is 3.03. The van der Waals surface area contributed by atoms with E-state index >= 15 is 0 Å². The third-order valence-electron chi connectivity index (χ3n) is 3.03. The van der Waals surface area contributed by atoms with Crippen molar-refractivity contribution in [1.29, 1.82) is 0 Å². The van der Waals surface area contributed by atoms with Gasteiger partial charge in [-0.25, -0.2) is 4.39 Å². The maximum Gasteiger partial charge on any atom is 0.123 e. The van der Waals surface area contributed by atoms with Crippen molar-refractivity contribution in [2.75, 3.05) is 13.2 Å². The van der Waals surface area contributed by atoms with Gasteiger partial charge in [0.15, 0.2) is 0 Å². The lowest BCUT2D eigenvalue weighted by Crippen LogP contribution is -2.35. The van der Waals surface area contributed by atoms with Crippen molar-refractivity contribution in [3.63, 3.8) is 0 Å². The molecule has 82 valence electrons. The molecule has 2 unspecified atom stereocenters. The van der Waals surface area contributed by atoms with E-state index in [0.29, 0.717) is 0 Å². The fourth-order valence-electron chi connectivity index (χ4n) is 2.24. The number of aliphatic hydroxyl groups excluding tert-OH is 1. The summed E-state index contributed by atoms with van der Waals surface area (Å²) in [6, 6.07) is 6.72. The topological polar surface area (TPSA) is 32.3 Å². The highest BCUT2D eigenvalue weighted by Crippen LogP contribution is 2.28. The molecule has 15 heavy (non-hydrogen) atoms. The van der Waals surface area contributed by atoms with Crippen molar-refractivity contribution in [3.05, 3.63) is 35.6 Å². The van der Waals surface area contributed by atoms with Gasteiger partial charge in [0.25, 0.3) is 0 Å². The Bertz CT molecular complexity index is 329. The van der Waals surface area contributed by atoms with Crippen LogP contribution in [0.4, 0.5) is 4.39 Å². The lowest BCUT2D eigenvalue weighted by molar-refractivity contribution is 0.160. The first-order chi connectivity index (χ1) is 7.31. The normalized spacial score (nSPS) is 26.5. The maximum absolute atomic E-state index is 13.1. The number of hydrogen-bond donors (Lipinski definition) is 2. The van der Waals surface area contributed by atoms with Gasteiger partial charge in [-0.3, -0.25) is 0 Å². The van der Waals surface area contributed by atoms with Gasteiger partial charge in [-0.1, -0.05) is 12.1 Å². The van der Waals surface area contributed by atoms with Crippen LogP contribution in [0.25, 0.3) is 0 Å². The van der Waals surface area contributed by atoms with Crippen LogP contribution in [0.5, 0.6) is 0 Å². The second kappa shape index (κ2) is 4.73. The van der Waals surface area contributed by atoms with Crippen molar-refractivity contribution in [1.82, 2.24) is 5.32 Å². The average molecular weight is 209 g/mol. The Morgan fingerprint density at radius 3 is 3.07 bits per heavy atom. The van der Waals surface area contributed by atoms with Gasteiger partial charge in [0.2, 0.25) is 0 Å². The SMILES string of the molecule is OCC1CCCNC1c1cccc(F)c1. The van der Waals surface area contributed by atoms with E-state index in [-0.39, 0.29) is 24.4 Å². The first kappa shape index (κ1) is 10.6. The van der Waals surface area contributed by atoms with Crippen LogP contribution in [0.2, 0.25) is 0 Å². The molecular weight excluding hydrogens is 193 g/mol. The molecule has 1 aliphatic rings. The quantitative estimate of drug-likeness (QED) is 0.779. The summed E-state index contributed by atoms with van der Waals surface area (Å²) in [4.78, 5) is 0. The van der Waals surface area contributed by atoms with E-state index in [1.165, 1.54) is 6.07 Å². The van der Waals surface area contributed by atoms with Crippen LogP contribution >= 0.6 is 0 Å². The predicted molar refractivity (Wildman–Crippen MR) is 57.0 cm³/mol. The molecule has 0 aliphatic carbocycles. The average Bonchev–Trinajstić information content (AvgIpc) is 2.29. The van der Waals surface area contributed by atoms with Gasteiger partial charge in [0, 0.05) is 18.6 Å². The van der Waals surface area contributed by atoms with Crippen LogP contribution in [-0.4, -0.2) is 18.3 Å². The van der Waals surface area contributed by atoms with Gasteiger partial charge >= 0.3 is 0 Å². The molecular formula is C12H16FNO. The largest absolute Gasteiger partial charge is 0.396 e. The van der Waals surface area contributed by atoms with E-state index in [4.69, 9.17) is 0 Å². The van der Waals surface area contributed by atoms with Crippen LogP contribution in [0.3, 0.4) is 0 Å². The Labute approximate surface area is 89.1 Å². The van der Waals surface area contributed by atoms with Gasteiger partial charge in [-0.05, 0) is 37.1 Å². The lowest BCUT2D eigenvalue weighted by atomic mass is 9.87. The molecule has 1 aromatic carbocycles. The summed E-state index contributed by atoms with van der Waals surface area (Å²) >= 11 is 0. The summed E-state index contributed by atoms with van der Waals surface area (Å²) in [6.07, 6.45) is 2.09. The standard InChI is InChI=1S/C12H16FNO/c13-11-5-1-3-9(7-11)12-10(8-15)4-2-6-14-12/h1,3,5,7,10,12,14-15H,2,4,6,8H2. The fraction of sp³-hybridized carbons (Fsp3) is 0.500. The summed E-state index contributed by atoms with van der Waals surface area (Å²) in [5.41, 5.74) is 0.939. The van der Waals surface area contributed by atoms with E-state index in [0.717, 1.165) is 24.9 Å². The molecule has 0 aromatic heterocycles. The molecule has 1 aliphatic heterocycles. The van der Waals surface area contributed by atoms with Gasteiger partial charge in [-0.2, -0.15) is 0 Å². The Morgan fingerprint density at radius 1 is 1.47 bits per heavy atom. The number of benzene rings is 1. The zero-order valence-corrected chi connectivity index (χ0v) is 8.62. The third kappa shape index (κ3) is 2.36. The molecule has 0 radical (unpaired) electrons. The minimum absolute atomic E-state index is 0.0967. The van der Waals surface area contributed by atoms with Crippen molar-refractivity contribution < 1.29 is 9.50 Å². The Balaban J connectivity index is 2.20. The number of aliphatic hydroxyl groups is 1. The summed E-state index contributed by atoms with van der Waals surface area (Å²) in [5, 5.41) is 12.6.